The number of aryl methyl sites for hydroxylation is 3. The monoisotopic (exact) mass is 276 g/mol. The minimum absolute atomic E-state index is 1.00. The van der Waals surface area contributed by atoms with Crippen LogP contribution in [0, 0.1) is 13.8 Å². The minimum atomic E-state index is 1.00. The number of methoxy groups -OCH3 is 1. The van der Waals surface area contributed by atoms with Crippen LogP contribution in [0.4, 0.5) is 0 Å². The van der Waals surface area contributed by atoms with Gasteiger partial charge in [-0.15, -0.1) is 0 Å². The molecule has 1 aliphatic rings. The normalized spacial score (nSPS) is 16.9. The number of hydrogen-bond donors (Lipinski definition) is 1. The van der Waals surface area contributed by atoms with Crippen molar-refractivity contribution in [3.63, 3.8) is 0 Å². The highest BCUT2D eigenvalue weighted by molar-refractivity contribution is 5.41. The summed E-state index contributed by atoms with van der Waals surface area (Å²) in [5.41, 5.74) is 4.06. The Balaban J connectivity index is 1.85. The molecule has 2 rings (SSSR count). The molecule has 0 amide bonds. The van der Waals surface area contributed by atoms with Gasteiger partial charge in [-0.1, -0.05) is 6.07 Å². The van der Waals surface area contributed by atoms with E-state index in [2.05, 4.69) is 36.2 Å². The van der Waals surface area contributed by atoms with Crippen molar-refractivity contribution in [1.82, 2.24) is 10.2 Å². The molecule has 3 nitrogen and oxygen atoms in total. The summed E-state index contributed by atoms with van der Waals surface area (Å²) >= 11 is 0. The average Bonchev–Trinajstić information content (AvgIpc) is 2.71. The van der Waals surface area contributed by atoms with E-state index in [4.69, 9.17) is 4.74 Å². The second-order valence-electron chi connectivity index (χ2n) is 5.80. The molecule has 1 aromatic rings. The molecular weight excluding hydrogens is 248 g/mol. The van der Waals surface area contributed by atoms with Gasteiger partial charge in [0, 0.05) is 13.1 Å². The molecule has 0 bridgehead atoms. The molecule has 1 saturated heterocycles. The van der Waals surface area contributed by atoms with Gasteiger partial charge in [-0.3, -0.25) is 0 Å². The SMILES string of the molecule is COc1cc(C)c(CCCN2CCCNCC2)cc1C. The average molecular weight is 276 g/mol. The molecule has 0 radical (unpaired) electrons. The summed E-state index contributed by atoms with van der Waals surface area (Å²) in [6, 6.07) is 4.46. The first kappa shape index (κ1) is 15.3. The number of hydrogen-bond acceptors (Lipinski definition) is 3. The van der Waals surface area contributed by atoms with Gasteiger partial charge >= 0.3 is 0 Å². The molecule has 0 aliphatic carbocycles. The first-order valence-corrected chi connectivity index (χ1v) is 7.78. The molecule has 3 heteroatoms. The van der Waals surface area contributed by atoms with Crippen molar-refractivity contribution >= 4 is 0 Å². The third-order valence-electron chi connectivity index (χ3n) is 4.21. The Morgan fingerprint density at radius 3 is 2.80 bits per heavy atom. The summed E-state index contributed by atoms with van der Waals surface area (Å²) in [7, 11) is 1.74. The predicted octanol–water partition coefficient (Wildman–Crippen LogP) is 2.54. The Bertz CT molecular complexity index is 423. The summed E-state index contributed by atoms with van der Waals surface area (Å²) in [6.45, 7) is 10.3. The van der Waals surface area contributed by atoms with Gasteiger partial charge in [-0.05, 0) is 75.5 Å². The summed E-state index contributed by atoms with van der Waals surface area (Å²) in [4.78, 5) is 2.59. The molecule has 0 saturated carbocycles. The highest BCUT2D eigenvalue weighted by Gasteiger charge is 2.09. The zero-order chi connectivity index (χ0) is 14.4. The van der Waals surface area contributed by atoms with Crippen LogP contribution in [0.2, 0.25) is 0 Å². The van der Waals surface area contributed by atoms with E-state index in [-0.39, 0.29) is 0 Å². The molecule has 1 fully saturated rings. The standard InChI is InChI=1S/C17H28N2O/c1-14-13-17(20-3)15(2)12-16(14)6-4-9-19-10-5-7-18-8-11-19/h12-13,18H,4-11H2,1-3H3. The summed E-state index contributed by atoms with van der Waals surface area (Å²) in [5, 5.41) is 3.46. The quantitative estimate of drug-likeness (QED) is 0.894. The summed E-state index contributed by atoms with van der Waals surface area (Å²) in [6.07, 6.45) is 3.69. The van der Waals surface area contributed by atoms with Gasteiger partial charge in [-0.25, -0.2) is 0 Å². The van der Waals surface area contributed by atoms with Gasteiger partial charge in [0.05, 0.1) is 7.11 Å². The third-order valence-corrected chi connectivity index (χ3v) is 4.21. The first-order valence-electron chi connectivity index (χ1n) is 7.78. The fourth-order valence-electron chi connectivity index (χ4n) is 2.96. The lowest BCUT2D eigenvalue weighted by atomic mass is 10.0. The number of nitrogens with one attached hydrogen (secondary N) is 1. The van der Waals surface area contributed by atoms with Crippen molar-refractivity contribution in [2.24, 2.45) is 0 Å². The molecule has 112 valence electrons. The van der Waals surface area contributed by atoms with Crippen molar-refractivity contribution in [3.05, 3.63) is 28.8 Å². The van der Waals surface area contributed by atoms with E-state index in [9.17, 15) is 0 Å². The summed E-state index contributed by atoms with van der Waals surface area (Å²) < 4.78 is 5.38. The van der Waals surface area contributed by atoms with Crippen LogP contribution in [-0.4, -0.2) is 44.7 Å². The van der Waals surface area contributed by atoms with E-state index in [1.807, 2.05) is 0 Å². The van der Waals surface area contributed by atoms with Crippen LogP contribution in [0.15, 0.2) is 12.1 Å². The van der Waals surface area contributed by atoms with Crippen LogP contribution >= 0.6 is 0 Å². The maximum Gasteiger partial charge on any atom is 0.122 e. The molecule has 1 N–H and O–H groups in total. The highest BCUT2D eigenvalue weighted by atomic mass is 16.5. The van der Waals surface area contributed by atoms with Gasteiger partial charge in [0.15, 0.2) is 0 Å². The topological polar surface area (TPSA) is 24.5 Å². The van der Waals surface area contributed by atoms with Gasteiger partial charge in [0.25, 0.3) is 0 Å². The van der Waals surface area contributed by atoms with Crippen LogP contribution in [0.25, 0.3) is 0 Å². The zero-order valence-electron chi connectivity index (χ0n) is 13.2. The van der Waals surface area contributed by atoms with Crippen molar-refractivity contribution in [1.29, 1.82) is 0 Å². The Morgan fingerprint density at radius 2 is 2.00 bits per heavy atom. The van der Waals surface area contributed by atoms with Gasteiger partial charge in [0.2, 0.25) is 0 Å². The minimum Gasteiger partial charge on any atom is -0.496 e. The highest BCUT2D eigenvalue weighted by Crippen LogP contribution is 2.23. The number of benzene rings is 1. The van der Waals surface area contributed by atoms with Gasteiger partial charge < -0.3 is 15.0 Å². The molecule has 1 heterocycles. The van der Waals surface area contributed by atoms with Crippen LogP contribution in [0.3, 0.4) is 0 Å². The molecule has 0 atom stereocenters. The first-order chi connectivity index (χ1) is 9.70. The van der Waals surface area contributed by atoms with Crippen LogP contribution < -0.4 is 10.1 Å². The van der Waals surface area contributed by atoms with E-state index in [0.717, 1.165) is 12.3 Å². The lowest BCUT2D eigenvalue weighted by molar-refractivity contribution is 0.289. The van der Waals surface area contributed by atoms with E-state index in [1.54, 1.807) is 7.11 Å². The fourth-order valence-corrected chi connectivity index (χ4v) is 2.96. The molecule has 0 spiro atoms. The molecule has 0 unspecified atom stereocenters. The second kappa shape index (κ2) is 7.65. The molecule has 1 aromatic carbocycles. The molecule has 1 aliphatic heterocycles. The third kappa shape index (κ3) is 4.22. The second-order valence-corrected chi connectivity index (χ2v) is 5.80. The Labute approximate surface area is 123 Å². The lowest BCUT2D eigenvalue weighted by Gasteiger charge is -2.19. The molecular formula is C17H28N2O. The smallest absolute Gasteiger partial charge is 0.122 e. The summed E-state index contributed by atoms with van der Waals surface area (Å²) in [5.74, 6) is 1.00. The van der Waals surface area contributed by atoms with Crippen molar-refractivity contribution in [3.8, 4) is 5.75 Å². The number of nitrogens with zero attached hydrogens (tertiary/aromatic N) is 1. The maximum atomic E-state index is 5.38. The Hall–Kier alpha value is -1.06. The van der Waals surface area contributed by atoms with Crippen LogP contribution in [-0.2, 0) is 6.42 Å². The van der Waals surface area contributed by atoms with Gasteiger partial charge in [-0.2, -0.15) is 0 Å². The van der Waals surface area contributed by atoms with Crippen molar-refractivity contribution in [2.45, 2.75) is 33.1 Å². The van der Waals surface area contributed by atoms with Crippen molar-refractivity contribution < 1.29 is 4.74 Å². The largest absolute Gasteiger partial charge is 0.496 e. The Morgan fingerprint density at radius 1 is 1.15 bits per heavy atom. The number of ether oxygens (including phenoxy) is 1. The fraction of sp³-hybridized carbons (Fsp3) is 0.647. The molecule has 0 aromatic heterocycles. The lowest BCUT2D eigenvalue weighted by Crippen LogP contribution is -2.29. The predicted molar refractivity (Wildman–Crippen MR) is 84.7 cm³/mol. The van der Waals surface area contributed by atoms with Crippen LogP contribution in [0.1, 0.15) is 29.5 Å². The van der Waals surface area contributed by atoms with Crippen molar-refractivity contribution in [2.75, 3.05) is 39.8 Å². The van der Waals surface area contributed by atoms with E-state index < -0.39 is 0 Å². The zero-order valence-corrected chi connectivity index (χ0v) is 13.2. The van der Waals surface area contributed by atoms with E-state index >= 15 is 0 Å². The van der Waals surface area contributed by atoms with E-state index in [0.29, 0.717) is 0 Å². The van der Waals surface area contributed by atoms with Crippen LogP contribution in [0.5, 0.6) is 5.75 Å². The van der Waals surface area contributed by atoms with E-state index in [1.165, 1.54) is 62.1 Å². The van der Waals surface area contributed by atoms with Gasteiger partial charge in [0.1, 0.15) is 5.75 Å². The Kier molecular flexibility index (Phi) is 5.86. The molecule has 20 heavy (non-hydrogen) atoms. The number of rotatable bonds is 5. The maximum absolute atomic E-state index is 5.38.